The van der Waals surface area contributed by atoms with Crippen LogP contribution in [0.3, 0.4) is 0 Å². The van der Waals surface area contributed by atoms with Crippen LogP contribution in [0, 0.1) is 23.0 Å². The third-order valence-corrected chi connectivity index (χ3v) is 11.0. The van der Waals surface area contributed by atoms with Crippen LogP contribution in [0.2, 0.25) is 0 Å². The van der Waals surface area contributed by atoms with Gasteiger partial charge in [-0.3, -0.25) is 15.2 Å². The Morgan fingerprint density at radius 1 is 1.08 bits per heavy atom. The Bertz CT molecular complexity index is 2010. The predicted octanol–water partition coefficient (Wildman–Crippen LogP) is 5.79. The molecule has 2 bridgehead atoms. The molecule has 0 spiro atoms. The number of nitrogens with one attached hydrogen (secondary N) is 1. The lowest BCUT2D eigenvalue weighted by Gasteiger charge is -2.42. The third-order valence-electron chi connectivity index (χ3n) is 9.91. The molecule has 250 valence electrons. The van der Waals surface area contributed by atoms with Crippen LogP contribution >= 0.6 is 11.3 Å². The van der Waals surface area contributed by atoms with Crippen molar-refractivity contribution in [2.45, 2.75) is 77.0 Å². The van der Waals surface area contributed by atoms with Crippen LogP contribution in [-0.2, 0) is 22.7 Å². The Kier molecular flexibility index (Phi) is 7.52. The molecule has 0 aliphatic carbocycles. The van der Waals surface area contributed by atoms with Gasteiger partial charge in [0.15, 0.2) is 11.6 Å². The van der Waals surface area contributed by atoms with Crippen molar-refractivity contribution in [3.8, 4) is 17.3 Å². The summed E-state index contributed by atoms with van der Waals surface area (Å²) in [4.78, 5) is 33.8. The number of thiophene rings is 1. The summed E-state index contributed by atoms with van der Waals surface area (Å²) in [7, 11) is 2.20. The van der Waals surface area contributed by atoms with Gasteiger partial charge in [-0.2, -0.15) is 5.26 Å². The summed E-state index contributed by atoms with van der Waals surface area (Å²) in [6.07, 6.45) is 5.34. The molecule has 4 aliphatic rings. The van der Waals surface area contributed by atoms with E-state index < -0.39 is 23.3 Å². The van der Waals surface area contributed by atoms with Crippen LogP contribution in [0.15, 0.2) is 12.4 Å². The van der Waals surface area contributed by atoms with E-state index in [0.29, 0.717) is 35.0 Å². The van der Waals surface area contributed by atoms with Crippen molar-refractivity contribution in [2.24, 2.45) is 0 Å². The molecule has 0 saturated carbocycles. The SMILES string of the molecule is CN1CC2CCC(C1)N2[C@@H]1CCN(c2ncc3c4c(c(-c5ncc(F)c6sc(NC(=O)OC(C)(C)C)c(C#N)c56)c(F)c3n2)COC4)C1. The summed E-state index contributed by atoms with van der Waals surface area (Å²) in [6, 6.07) is 3.60. The lowest BCUT2D eigenvalue weighted by Crippen LogP contribution is -2.56. The molecular weight excluding hydrogens is 638 g/mol. The number of carbonyl (C=O) groups excluding carboxylic acids is 1. The van der Waals surface area contributed by atoms with E-state index in [4.69, 9.17) is 19.4 Å². The van der Waals surface area contributed by atoms with Crippen LogP contribution in [0.25, 0.3) is 32.2 Å². The molecule has 1 N–H and O–H groups in total. The molecule has 4 aliphatic heterocycles. The van der Waals surface area contributed by atoms with Gasteiger partial charge in [0, 0.05) is 66.8 Å². The molecule has 7 heterocycles. The first kappa shape index (κ1) is 31.3. The summed E-state index contributed by atoms with van der Waals surface area (Å²) in [6.45, 7) is 9.19. The molecule has 3 saturated heterocycles. The standard InChI is InChI=1S/C34H36F2N8O3S/c1-34(2,3)47-33(45)41-31-20(9-37)26-29(38-11-24(35)30(26)48-31)25-23-16-46-15-22(23)21-10-39-32(40-28(21)27(25)36)43-8-7-19(14-43)44-17-5-6-18(44)13-42(4)12-17/h10-11,17-19H,5-8,12-16H2,1-4H3,(H,41,45)/t17?,18?,19-/m1/s1. The fourth-order valence-corrected chi connectivity index (χ4v) is 9.10. The molecule has 0 radical (unpaired) electrons. The maximum absolute atomic E-state index is 17.0. The quantitative estimate of drug-likeness (QED) is 0.285. The molecule has 11 nitrogen and oxygen atoms in total. The zero-order valence-corrected chi connectivity index (χ0v) is 28.1. The highest BCUT2D eigenvalue weighted by molar-refractivity contribution is 7.23. The number of anilines is 2. The van der Waals surface area contributed by atoms with Crippen molar-refractivity contribution in [1.82, 2.24) is 24.8 Å². The van der Waals surface area contributed by atoms with Gasteiger partial charge in [-0.25, -0.2) is 23.5 Å². The number of likely N-dealkylation sites (tertiary alicyclic amines) is 1. The normalized spacial score (nSPS) is 22.9. The van der Waals surface area contributed by atoms with Crippen LogP contribution in [-0.4, -0.2) is 87.8 Å². The fraction of sp³-hybridized carbons (Fsp3) is 0.500. The number of hydrogen-bond acceptors (Lipinski definition) is 11. The summed E-state index contributed by atoms with van der Waals surface area (Å²) in [5.74, 6) is -0.865. The van der Waals surface area contributed by atoms with E-state index in [1.807, 2.05) is 0 Å². The first-order valence-electron chi connectivity index (χ1n) is 16.3. The van der Waals surface area contributed by atoms with Gasteiger partial charge in [0.1, 0.15) is 22.2 Å². The van der Waals surface area contributed by atoms with Crippen molar-refractivity contribution in [3.05, 3.63) is 40.7 Å². The van der Waals surface area contributed by atoms with Crippen LogP contribution < -0.4 is 10.2 Å². The molecule has 1 amide bonds. The molecule has 48 heavy (non-hydrogen) atoms. The van der Waals surface area contributed by atoms with Gasteiger partial charge in [-0.05, 0) is 58.2 Å². The first-order valence-corrected chi connectivity index (χ1v) is 17.1. The molecule has 14 heteroatoms. The smallest absolute Gasteiger partial charge is 0.412 e. The van der Waals surface area contributed by atoms with E-state index in [1.165, 1.54) is 12.8 Å². The second-order valence-electron chi connectivity index (χ2n) is 14.2. The Morgan fingerprint density at radius 2 is 1.81 bits per heavy atom. The maximum atomic E-state index is 17.0. The van der Waals surface area contributed by atoms with Gasteiger partial charge in [-0.15, -0.1) is 11.3 Å². The van der Waals surface area contributed by atoms with E-state index in [2.05, 4.69) is 38.1 Å². The third kappa shape index (κ3) is 5.15. The number of rotatable bonds is 4. The fourth-order valence-electron chi connectivity index (χ4n) is 8.06. The molecule has 8 rings (SSSR count). The van der Waals surface area contributed by atoms with E-state index >= 15 is 8.78 Å². The van der Waals surface area contributed by atoms with Gasteiger partial charge >= 0.3 is 6.09 Å². The van der Waals surface area contributed by atoms with E-state index in [1.54, 1.807) is 27.0 Å². The number of amides is 1. The van der Waals surface area contributed by atoms with Crippen LogP contribution in [0.4, 0.5) is 24.5 Å². The average molecular weight is 675 g/mol. The van der Waals surface area contributed by atoms with Gasteiger partial charge in [0.25, 0.3) is 0 Å². The van der Waals surface area contributed by atoms with E-state index in [-0.39, 0.29) is 50.6 Å². The molecule has 3 aromatic heterocycles. The second-order valence-corrected chi connectivity index (χ2v) is 15.2. The number of fused-ring (bicyclic) bond motifs is 6. The predicted molar refractivity (Wildman–Crippen MR) is 178 cm³/mol. The minimum absolute atomic E-state index is 0.0284. The van der Waals surface area contributed by atoms with Gasteiger partial charge < -0.3 is 19.3 Å². The number of carbonyl (C=O) groups is 1. The van der Waals surface area contributed by atoms with Gasteiger partial charge in [0.05, 0.1) is 35.4 Å². The lowest BCUT2D eigenvalue weighted by atomic mass is 9.94. The summed E-state index contributed by atoms with van der Waals surface area (Å²) < 4.78 is 43.5. The molecule has 1 aromatic carbocycles. The topological polar surface area (TPSA) is 120 Å². The van der Waals surface area contributed by atoms with Crippen LogP contribution in [0.1, 0.15) is 56.7 Å². The van der Waals surface area contributed by atoms with Crippen molar-refractivity contribution < 1.29 is 23.0 Å². The molecule has 3 atom stereocenters. The summed E-state index contributed by atoms with van der Waals surface area (Å²) >= 11 is 0.875. The molecular formula is C34H36F2N8O3S. The number of aromatic nitrogens is 3. The number of nitriles is 1. The second kappa shape index (κ2) is 11.5. The number of benzene rings is 1. The Morgan fingerprint density at radius 3 is 2.54 bits per heavy atom. The Labute approximate surface area is 280 Å². The highest BCUT2D eigenvalue weighted by atomic mass is 32.1. The minimum atomic E-state index is -0.791. The zero-order chi connectivity index (χ0) is 33.5. The number of ether oxygens (including phenoxy) is 2. The molecule has 3 fully saturated rings. The highest BCUT2D eigenvalue weighted by Gasteiger charge is 2.44. The van der Waals surface area contributed by atoms with Crippen molar-refractivity contribution in [3.63, 3.8) is 0 Å². The molecule has 2 unspecified atom stereocenters. The van der Waals surface area contributed by atoms with Crippen molar-refractivity contribution >= 4 is 49.4 Å². The van der Waals surface area contributed by atoms with Gasteiger partial charge in [-0.1, -0.05) is 0 Å². The van der Waals surface area contributed by atoms with Crippen molar-refractivity contribution in [1.29, 1.82) is 5.26 Å². The highest BCUT2D eigenvalue weighted by Crippen LogP contribution is 2.46. The van der Waals surface area contributed by atoms with E-state index in [9.17, 15) is 10.1 Å². The number of piperazine rings is 1. The van der Waals surface area contributed by atoms with Crippen LogP contribution in [0.5, 0.6) is 0 Å². The minimum Gasteiger partial charge on any atom is -0.444 e. The number of likely N-dealkylation sites (N-methyl/N-ethyl adjacent to an activating group) is 1. The molecule has 4 aromatic rings. The summed E-state index contributed by atoms with van der Waals surface area (Å²) in [5, 5.41) is 13.6. The average Bonchev–Trinajstić information content (AvgIpc) is 3.82. The zero-order valence-electron chi connectivity index (χ0n) is 27.3. The summed E-state index contributed by atoms with van der Waals surface area (Å²) in [5.41, 5.74) is 0.797. The van der Waals surface area contributed by atoms with Gasteiger partial charge in [0.2, 0.25) is 5.95 Å². The number of pyridine rings is 1. The Hall–Kier alpha value is -4.03. The number of halogens is 2. The first-order chi connectivity index (χ1) is 23.0. The lowest BCUT2D eigenvalue weighted by molar-refractivity contribution is 0.0514. The van der Waals surface area contributed by atoms with E-state index in [0.717, 1.165) is 55.7 Å². The van der Waals surface area contributed by atoms with Crippen molar-refractivity contribution in [2.75, 3.05) is 43.4 Å². The largest absolute Gasteiger partial charge is 0.444 e. The number of nitrogens with zero attached hydrogens (tertiary/aromatic N) is 7. The Balaban J connectivity index is 1.20. The monoisotopic (exact) mass is 674 g/mol. The number of hydrogen-bond donors (Lipinski definition) is 1. The maximum Gasteiger partial charge on any atom is 0.412 e.